The van der Waals surface area contributed by atoms with Crippen LogP contribution in [-0.2, 0) is 4.79 Å². The van der Waals surface area contributed by atoms with Crippen molar-refractivity contribution in [3.63, 3.8) is 0 Å². The molecule has 1 fully saturated rings. The number of hydrogen-bond donors (Lipinski definition) is 1. The van der Waals surface area contributed by atoms with Crippen LogP contribution in [0, 0.1) is 0 Å². The number of carbonyl (C=O) groups is 2. The van der Waals surface area contributed by atoms with Gasteiger partial charge in [0.05, 0.1) is 0 Å². The minimum atomic E-state index is -0.0628. The number of nitrogens with zero attached hydrogens (tertiary/aromatic N) is 2. The zero-order chi connectivity index (χ0) is 16.8. The fourth-order valence-corrected chi connectivity index (χ4v) is 2.92. The zero-order valence-corrected chi connectivity index (χ0v) is 13.5. The molecule has 5 heteroatoms. The van der Waals surface area contributed by atoms with E-state index >= 15 is 0 Å². The van der Waals surface area contributed by atoms with E-state index in [0.29, 0.717) is 5.56 Å². The van der Waals surface area contributed by atoms with Crippen LogP contribution in [0.1, 0.15) is 29.6 Å². The molecule has 24 heavy (non-hydrogen) atoms. The van der Waals surface area contributed by atoms with Crippen molar-refractivity contribution in [2.75, 3.05) is 18.0 Å². The summed E-state index contributed by atoms with van der Waals surface area (Å²) in [6, 6.07) is 15.0. The van der Waals surface area contributed by atoms with Gasteiger partial charge in [-0.1, -0.05) is 36.4 Å². The van der Waals surface area contributed by atoms with Crippen LogP contribution < -0.4 is 10.2 Å². The number of hydrogen-bond acceptors (Lipinski definition) is 4. The highest BCUT2D eigenvalue weighted by Gasteiger charge is 2.24. The molecule has 1 amide bonds. The highest BCUT2D eigenvalue weighted by Crippen LogP contribution is 2.17. The normalized spacial score (nSPS) is 16.8. The van der Waals surface area contributed by atoms with Gasteiger partial charge in [0.1, 0.15) is 5.82 Å². The minimum Gasteiger partial charge on any atom is -0.354 e. The minimum absolute atomic E-state index is 0.00674. The summed E-state index contributed by atoms with van der Waals surface area (Å²) in [4.78, 5) is 30.6. The van der Waals surface area contributed by atoms with Gasteiger partial charge in [-0.05, 0) is 18.6 Å². The first-order valence-electron chi connectivity index (χ1n) is 8.26. The SMILES string of the molecule is O=C(CCC(=O)c1ccccc1)NC1CCN(c2ccccn2)C1. The summed E-state index contributed by atoms with van der Waals surface area (Å²) >= 11 is 0. The first-order valence-corrected chi connectivity index (χ1v) is 8.26. The maximum absolute atomic E-state index is 12.1. The van der Waals surface area contributed by atoms with Gasteiger partial charge in [-0.15, -0.1) is 0 Å². The number of carbonyl (C=O) groups excluding carboxylic acids is 2. The Morgan fingerprint density at radius 3 is 2.62 bits per heavy atom. The van der Waals surface area contributed by atoms with Crippen LogP contribution in [0.25, 0.3) is 0 Å². The Hall–Kier alpha value is -2.69. The average Bonchev–Trinajstić information content (AvgIpc) is 3.09. The van der Waals surface area contributed by atoms with Crippen LogP contribution in [0.4, 0.5) is 5.82 Å². The Morgan fingerprint density at radius 1 is 1.08 bits per heavy atom. The second kappa shape index (κ2) is 7.73. The van der Waals surface area contributed by atoms with E-state index < -0.39 is 0 Å². The Balaban J connectivity index is 1.44. The third-order valence-corrected chi connectivity index (χ3v) is 4.20. The molecule has 3 rings (SSSR count). The zero-order valence-electron chi connectivity index (χ0n) is 13.5. The largest absolute Gasteiger partial charge is 0.354 e. The lowest BCUT2D eigenvalue weighted by Crippen LogP contribution is -2.37. The fraction of sp³-hybridized carbons (Fsp3) is 0.316. The molecule has 2 aromatic rings. The molecule has 0 bridgehead atoms. The van der Waals surface area contributed by atoms with E-state index in [2.05, 4.69) is 15.2 Å². The average molecular weight is 323 g/mol. The Morgan fingerprint density at radius 2 is 1.88 bits per heavy atom. The van der Waals surface area contributed by atoms with Gasteiger partial charge in [-0.25, -0.2) is 4.98 Å². The number of ketones is 1. The van der Waals surface area contributed by atoms with Gasteiger partial charge < -0.3 is 10.2 Å². The first kappa shape index (κ1) is 16.2. The number of benzene rings is 1. The number of amides is 1. The molecule has 1 aromatic carbocycles. The molecular weight excluding hydrogens is 302 g/mol. The molecule has 0 saturated carbocycles. The summed E-state index contributed by atoms with van der Waals surface area (Å²) in [5, 5.41) is 3.02. The summed E-state index contributed by atoms with van der Waals surface area (Å²) in [6.07, 6.45) is 3.14. The lowest BCUT2D eigenvalue weighted by molar-refractivity contribution is -0.121. The topological polar surface area (TPSA) is 62.3 Å². The number of Topliss-reactive ketones (excluding diaryl/α,β-unsaturated/α-hetero) is 1. The molecule has 1 atom stereocenters. The highest BCUT2D eigenvalue weighted by atomic mass is 16.2. The molecule has 1 unspecified atom stereocenters. The highest BCUT2D eigenvalue weighted by molar-refractivity contribution is 5.97. The van der Waals surface area contributed by atoms with Crippen molar-refractivity contribution < 1.29 is 9.59 Å². The van der Waals surface area contributed by atoms with E-state index in [4.69, 9.17) is 0 Å². The molecule has 1 aliphatic heterocycles. The maximum atomic E-state index is 12.1. The summed E-state index contributed by atoms with van der Waals surface area (Å²) in [5.41, 5.74) is 0.660. The third kappa shape index (κ3) is 4.19. The molecule has 0 aliphatic carbocycles. The van der Waals surface area contributed by atoms with Gasteiger partial charge in [0.15, 0.2) is 5.78 Å². The number of nitrogens with one attached hydrogen (secondary N) is 1. The fourth-order valence-electron chi connectivity index (χ4n) is 2.92. The second-order valence-corrected chi connectivity index (χ2v) is 5.98. The molecular formula is C19H21N3O2. The predicted octanol–water partition coefficient (Wildman–Crippen LogP) is 2.44. The van der Waals surface area contributed by atoms with Crippen LogP contribution in [0.3, 0.4) is 0 Å². The molecule has 1 aromatic heterocycles. The number of pyridine rings is 1. The lowest BCUT2D eigenvalue weighted by Gasteiger charge is -2.17. The quantitative estimate of drug-likeness (QED) is 0.830. The van der Waals surface area contributed by atoms with Gasteiger partial charge in [-0.2, -0.15) is 0 Å². The van der Waals surface area contributed by atoms with Crippen LogP contribution >= 0.6 is 0 Å². The van der Waals surface area contributed by atoms with Crippen molar-refractivity contribution in [1.82, 2.24) is 10.3 Å². The number of anilines is 1. The molecule has 0 radical (unpaired) electrons. The van der Waals surface area contributed by atoms with Gasteiger partial charge in [-0.3, -0.25) is 9.59 Å². The summed E-state index contributed by atoms with van der Waals surface area (Å²) < 4.78 is 0. The van der Waals surface area contributed by atoms with Crippen molar-refractivity contribution in [2.45, 2.75) is 25.3 Å². The van der Waals surface area contributed by atoms with Gasteiger partial charge in [0.25, 0.3) is 0 Å². The molecule has 2 heterocycles. The van der Waals surface area contributed by atoms with Gasteiger partial charge >= 0.3 is 0 Å². The van der Waals surface area contributed by atoms with Crippen LogP contribution in [0.15, 0.2) is 54.7 Å². The molecule has 124 valence electrons. The standard InChI is InChI=1S/C19H21N3O2/c23-17(15-6-2-1-3-7-15)9-10-19(24)21-16-11-13-22(14-16)18-8-4-5-12-20-18/h1-8,12,16H,9-11,13-14H2,(H,21,24). The molecule has 5 nitrogen and oxygen atoms in total. The molecule has 1 saturated heterocycles. The summed E-state index contributed by atoms with van der Waals surface area (Å²) in [7, 11) is 0. The lowest BCUT2D eigenvalue weighted by atomic mass is 10.1. The van der Waals surface area contributed by atoms with E-state index in [0.717, 1.165) is 25.3 Å². The third-order valence-electron chi connectivity index (χ3n) is 4.20. The number of rotatable bonds is 6. The Labute approximate surface area is 141 Å². The van der Waals surface area contributed by atoms with E-state index in [1.165, 1.54) is 0 Å². The van der Waals surface area contributed by atoms with Crippen molar-refractivity contribution in [3.05, 3.63) is 60.3 Å². The van der Waals surface area contributed by atoms with E-state index in [-0.39, 0.29) is 30.6 Å². The van der Waals surface area contributed by atoms with Crippen LogP contribution in [0.5, 0.6) is 0 Å². The summed E-state index contributed by atoms with van der Waals surface area (Å²) in [6.45, 7) is 1.64. The van der Waals surface area contributed by atoms with E-state index in [1.807, 2.05) is 36.4 Å². The number of aromatic nitrogens is 1. The Kier molecular flexibility index (Phi) is 5.21. The summed E-state index contributed by atoms with van der Waals surface area (Å²) in [5.74, 6) is 0.882. The molecule has 1 N–H and O–H groups in total. The van der Waals surface area contributed by atoms with Crippen molar-refractivity contribution >= 4 is 17.5 Å². The Bertz CT molecular complexity index is 688. The first-order chi connectivity index (χ1) is 11.7. The predicted molar refractivity (Wildman–Crippen MR) is 93.0 cm³/mol. The maximum Gasteiger partial charge on any atom is 0.220 e. The smallest absolute Gasteiger partial charge is 0.220 e. The van der Waals surface area contributed by atoms with Gasteiger partial charge in [0, 0.05) is 43.7 Å². The van der Waals surface area contributed by atoms with Crippen LogP contribution in [-0.4, -0.2) is 35.8 Å². The monoisotopic (exact) mass is 323 g/mol. The van der Waals surface area contributed by atoms with E-state index in [9.17, 15) is 9.59 Å². The van der Waals surface area contributed by atoms with Crippen molar-refractivity contribution in [2.24, 2.45) is 0 Å². The molecule has 1 aliphatic rings. The van der Waals surface area contributed by atoms with Crippen LogP contribution in [0.2, 0.25) is 0 Å². The van der Waals surface area contributed by atoms with E-state index in [1.54, 1.807) is 18.3 Å². The van der Waals surface area contributed by atoms with Gasteiger partial charge in [0.2, 0.25) is 5.91 Å². The van der Waals surface area contributed by atoms with Crippen molar-refractivity contribution in [1.29, 1.82) is 0 Å². The molecule has 0 spiro atoms. The second-order valence-electron chi connectivity index (χ2n) is 5.98. The van der Waals surface area contributed by atoms with Crippen molar-refractivity contribution in [3.8, 4) is 0 Å².